The molecule has 0 radical (unpaired) electrons. The molecule has 1 aromatic carbocycles. The highest BCUT2D eigenvalue weighted by Crippen LogP contribution is 2.46. The molecule has 0 saturated heterocycles. The molecule has 86 valence electrons. The summed E-state index contributed by atoms with van der Waals surface area (Å²) >= 11 is 0. The summed E-state index contributed by atoms with van der Waals surface area (Å²) in [6.45, 7) is 1.96. The first-order valence-electron chi connectivity index (χ1n) is 5.59. The fourth-order valence-corrected chi connectivity index (χ4v) is 2.66. The average Bonchev–Trinajstić information content (AvgIpc) is 2.28. The lowest BCUT2D eigenvalue weighted by molar-refractivity contribution is 0.0256. The van der Waals surface area contributed by atoms with Crippen molar-refractivity contribution in [2.75, 3.05) is 0 Å². The summed E-state index contributed by atoms with van der Waals surface area (Å²) in [7, 11) is 0. The largest absolute Gasteiger partial charge is 0.468 e. The molecule has 0 amide bonds. The molecule has 0 fully saturated rings. The van der Waals surface area contributed by atoms with E-state index in [2.05, 4.69) is 11.4 Å². The molecule has 1 aromatic rings. The molecule has 3 N–H and O–H groups in total. The molecular formula is C13H13N3O. The van der Waals surface area contributed by atoms with Gasteiger partial charge < -0.3 is 15.8 Å². The molecule has 4 nitrogen and oxygen atoms in total. The third kappa shape index (κ3) is 1.36. The molecular weight excluding hydrogens is 214 g/mol. The minimum absolute atomic E-state index is 0.0381. The molecule has 2 bridgehead atoms. The number of nitrogens with one attached hydrogen (secondary N) is 1. The van der Waals surface area contributed by atoms with Crippen molar-refractivity contribution in [2.24, 2.45) is 5.73 Å². The number of ether oxygens (including phenoxy) is 1. The Kier molecular flexibility index (Phi) is 1.87. The number of hydrogen-bond acceptors (Lipinski definition) is 4. The summed E-state index contributed by atoms with van der Waals surface area (Å²) < 4.78 is 5.92. The lowest BCUT2D eigenvalue weighted by atomic mass is 9.80. The van der Waals surface area contributed by atoms with Crippen molar-refractivity contribution in [2.45, 2.75) is 25.0 Å². The Labute approximate surface area is 99.7 Å². The van der Waals surface area contributed by atoms with Crippen LogP contribution in [0, 0.1) is 11.3 Å². The molecule has 0 aliphatic carbocycles. The SMILES string of the molecule is C[C@]12C[C@@H](C(C#N)=C(N)N1)c1ccccc1O2. The predicted molar refractivity (Wildman–Crippen MR) is 62.8 cm³/mol. The molecule has 4 heteroatoms. The number of allylic oxidation sites excluding steroid dienone is 1. The van der Waals surface area contributed by atoms with Gasteiger partial charge in [0.1, 0.15) is 11.6 Å². The first-order valence-corrected chi connectivity index (χ1v) is 5.59. The van der Waals surface area contributed by atoms with E-state index in [0.717, 1.165) is 17.7 Å². The van der Waals surface area contributed by atoms with E-state index >= 15 is 0 Å². The van der Waals surface area contributed by atoms with Gasteiger partial charge >= 0.3 is 0 Å². The van der Waals surface area contributed by atoms with Gasteiger partial charge in [-0.15, -0.1) is 0 Å². The highest BCUT2D eigenvalue weighted by molar-refractivity contribution is 5.49. The first kappa shape index (κ1) is 10.0. The summed E-state index contributed by atoms with van der Waals surface area (Å²) in [6, 6.07) is 10.0. The predicted octanol–water partition coefficient (Wildman–Crippen LogP) is 1.57. The monoisotopic (exact) mass is 227 g/mol. The van der Waals surface area contributed by atoms with Crippen LogP contribution in [0.15, 0.2) is 35.7 Å². The highest BCUT2D eigenvalue weighted by Gasteiger charge is 2.43. The zero-order valence-corrected chi connectivity index (χ0v) is 9.53. The number of fused-ring (bicyclic) bond motifs is 4. The van der Waals surface area contributed by atoms with Gasteiger partial charge in [0.25, 0.3) is 0 Å². The minimum Gasteiger partial charge on any atom is -0.468 e. The Bertz CT molecular complexity index is 558. The van der Waals surface area contributed by atoms with Gasteiger partial charge in [0.05, 0.1) is 11.6 Å². The van der Waals surface area contributed by atoms with Crippen LogP contribution in [0.3, 0.4) is 0 Å². The van der Waals surface area contributed by atoms with Crippen LogP contribution in [0.2, 0.25) is 0 Å². The second-order valence-electron chi connectivity index (χ2n) is 4.69. The lowest BCUT2D eigenvalue weighted by Crippen LogP contribution is -2.55. The smallest absolute Gasteiger partial charge is 0.179 e. The molecule has 2 atom stereocenters. The van der Waals surface area contributed by atoms with Gasteiger partial charge in [-0.3, -0.25) is 0 Å². The lowest BCUT2D eigenvalue weighted by Gasteiger charge is -2.44. The molecule has 2 aliphatic heterocycles. The van der Waals surface area contributed by atoms with Gasteiger partial charge in [0.2, 0.25) is 0 Å². The second kappa shape index (κ2) is 3.17. The third-order valence-electron chi connectivity index (χ3n) is 3.38. The van der Waals surface area contributed by atoms with Crippen molar-refractivity contribution in [1.29, 1.82) is 5.26 Å². The normalized spacial score (nSPS) is 29.8. The molecule has 0 aromatic heterocycles. The summed E-state index contributed by atoms with van der Waals surface area (Å²) in [4.78, 5) is 0. The Balaban J connectivity index is 2.21. The zero-order chi connectivity index (χ0) is 12.0. The molecule has 0 spiro atoms. The topological polar surface area (TPSA) is 71.1 Å². The number of rotatable bonds is 0. The zero-order valence-electron chi connectivity index (χ0n) is 9.53. The van der Waals surface area contributed by atoms with Crippen LogP contribution < -0.4 is 15.8 Å². The number of nitriles is 1. The van der Waals surface area contributed by atoms with Crippen LogP contribution in [-0.2, 0) is 0 Å². The molecule has 3 rings (SSSR count). The summed E-state index contributed by atoms with van der Waals surface area (Å²) in [5, 5.41) is 12.3. The summed E-state index contributed by atoms with van der Waals surface area (Å²) in [6.07, 6.45) is 0.730. The number of para-hydroxylation sites is 1. The standard InChI is InChI=1S/C13H13N3O/c1-13-6-9(10(7-14)12(15)16-13)8-4-2-3-5-11(8)17-13/h2-5,9,16H,6,15H2,1H3/t9-,13+/m1/s1. The van der Waals surface area contributed by atoms with Crippen LogP contribution in [0.25, 0.3) is 0 Å². The number of benzene rings is 1. The molecule has 2 aliphatic rings. The van der Waals surface area contributed by atoms with Gasteiger partial charge in [-0.05, 0) is 13.0 Å². The van der Waals surface area contributed by atoms with Crippen molar-refractivity contribution in [3.8, 4) is 11.8 Å². The van der Waals surface area contributed by atoms with Gasteiger partial charge in [-0.2, -0.15) is 5.26 Å². The van der Waals surface area contributed by atoms with Gasteiger partial charge in [-0.1, -0.05) is 18.2 Å². The maximum absolute atomic E-state index is 9.21. The van der Waals surface area contributed by atoms with E-state index in [1.165, 1.54) is 0 Å². The third-order valence-corrected chi connectivity index (χ3v) is 3.38. The number of nitrogens with two attached hydrogens (primary N) is 1. The Morgan fingerprint density at radius 1 is 1.53 bits per heavy atom. The van der Waals surface area contributed by atoms with Crippen molar-refractivity contribution < 1.29 is 4.74 Å². The number of nitrogens with zero attached hydrogens (tertiary/aromatic N) is 1. The second-order valence-corrected chi connectivity index (χ2v) is 4.69. The van der Waals surface area contributed by atoms with Crippen LogP contribution in [0.4, 0.5) is 0 Å². The van der Waals surface area contributed by atoms with Crippen molar-refractivity contribution in [1.82, 2.24) is 5.32 Å². The molecule has 0 unspecified atom stereocenters. The van der Waals surface area contributed by atoms with Crippen molar-refractivity contribution >= 4 is 0 Å². The fraction of sp³-hybridized carbons (Fsp3) is 0.308. The molecule has 2 heterocycles. The maximum atomic E-state index is 9.21. The Morgan fingerprint density at radius 2 is 2.29 bits per heavy atom. The van der Waals surface area contributed by atoms with Crippen LogP contribution >= 0.6 is 0 Å². The Hall–Kier alpha value is -2.15. The first-order chi connectivity index (χ1) is 8.13. The van der Waals surface area contributed by atoms with Crippen molar-refractivity contribution in [3.05, 3.63) is 41.2 Å². The van der Waals surface area contributed by atoms with E-state index in [1.807, 2.05) is 31.2 Å². The van der Waals surface area contributed by atoms with E-state index in [1.54, 1.807) is 0 Å². The molecule has 0 saturated carbocycles. The van der Waals surface area contributed by atoms with E-state index in [4.69, 9.17) is 10.5 Å². The van der Waals surface area contributed by atoms with Gasteiger partial charge in [-0.25, -0.2) is 0 Å². The fourth-order valence-electron chi connectivity index (χ4n) is 2.66. The molecule has 17 heavy (non-hydrogen) atoms. The van der Waals surface area contributed by atoms with Gasteiger partial charge in [0.15, 0.2) is 5.72 Å². The number of hydrogen-bond donors (Lipinski definition) is 2. The average molecular weight is 227 g/mol. The van der Waals surface area contributed by atoms with E-state index in [-0.39, 0.29) is 5.92 Å². The van der Waals surface area contributed by atoms with E-state index in [9.17, 15) is 5.26 Å². The van der Waals surface area contributed by atoms with E-state index in [0.29, 0.717) is 11.4 Å². The summed E-state index contributed by atoms with van der Waals surface area (Å²) in [5.74, 6) is 1.30. The van der Waals surface area contributed by atoms with Gasteiger partial charge in [0, 0.05) is 17.9 Å². The quantitative estimate of drug-likeness (QED) is 0.705. The Morgan fingerprint density at radius 3 is 3.06 bits per heavy atom. The summed E-state index contributed by atoms with van der Waals surface area (Å²) in [5.41, 5.74) is 7.03. The van der Waals surface area contributed by atoms with Crippen molar-refractivity contribution in [3.63, 3.8) is 0 Å². The van der Waals surface area contributed by atoms with Crippen LogP contribution in [-0.4, -0.2) is 5.72 Å². The highest BCUT2D eigenvalue weighted by atomic mass is 16.5. The van der Waals surface area contributed by atoms with Crippen LogP contribution in [0.1, 0.15) is 24.8 Å². The van der Waals surface area contributed by atoms with Crippen LogP contribution in [0.5, 0.6) is 5.75 Å². The minimum atomic E-state index is -0.510. The maximum Gasteiger partial charge on any atom is 0.179 e. The van der Waals surface area contributed by atoms with E-state index < -0.39 is 5.72 Å².